The molecule has 0 bridgehead atoms. The number of aryl methyl sites for hydroxylation is 1. The molecule has 3 heteroatoms. The normalized spacial score (nSPS) is 18.9. The van der Waals surface area contributed by atoms with Crippen LogP contribution >= 0.6 is 0 Å². The highest BCUT2D eigenvalue weighted by molar-refractivity contribution is 6.58. The molecule has 2 aromatic rings. The zero-order valence-corrected chi connectivity index (χ0v) is 18.7. The van der Waals surface area contributed by atoms with Crippen LogP contribution in [0.4, 0.5) is 8.78 Å². The lowest BCUT2D eigenvalue weighted by molar-refractivity contribution is 0.437. The molecular weight excluding hydrogens is 378 g/mol. The van der Waals surface area contributed by atoms with Gasteiger partial charge in [-0.25, -0.2) is 8.78 Å². The molecule has 0 nitrogen and oxygen atoms in total. The first-order chi connectivity index (χ1) is 14.1. The van der Waals surface area contributed by atoms with Gasteiger partial charge in [-0.1, -0.05) is 81.1 Å². The fourth-order valence-electron chi connectivity index (χ4n) is 4.34. The van der Waals surface area contributed by atoms with Crippen LogP contribution in [-0.4, -0.2) is 8.80 Å². The van der Waals surface area contributed by atoms with Gasteiger partial charge in [-0.3, -0.25) is 0 Å². The van der Waals surface area contributed by atoms with E-state index >= 15 is 0 Å². The van der Waals surface area contributed by atoms with Crippen molar-refractivity contribution in [2.75, 3.05) is 0 Å². The zero-order valence-electron chi connectivity index (χ0n) is 17.5. The molecular formula is C26H32F2Si. The minimum Gasteiger partial charge on any atom is -0.204 e. The highest BCUT2D eigenvalue weighted by atomic mass is 28.3. The van der Waals surface area contributed by atoms with Gasteiger partial charge < -0.3 is 0 Å². The number of benzene rings is 2. The second-order valence-corrected chi connectivity index (χ2v) is 12.0. The van der Waals surface area contributed by atoms with E-state index in [1.165, 1.54) is 50.2 Å². The molecule has 3 rings (SSSR count). The van der Waals surface area contributed by atoms with E-state index in [0.717, 1.165) is 30.0 Å². The maximum atomic E-state index is 13.2. The van der Waals surface area contributed by atoms with Gasteiger partial charge in [0.05, 0.1) is 0 Å². The molecule has 0 N–H and O–H groups in total. The van der Waals surface area contributed by atoms with Crippen LogP contribution in [0.3, 0.4) is 0 Å². The van der Waals surface area contributed by atoms with Crippen LogP contribution in [0.5, 0.6) is 0 Å². The summed E-state index contributed by atoms with van der Waals surface area (Å²) in [5, 5.41) is 0. The molecule has 1 fully saturated rings. The summed E-state index contributed by atoms with van der Waals surface area (Å²) in [7, 11) is -0.402. The number of hydrogen-bond acceptors (Lipinski definition) is 0. The molecule has 1 heterocycles. The van der Waals surface area contributed by atoms with Gasteiger partial charge >= 0.3 is 0 Å². The number of halogens is 2. The molecule has 0 radical (unpaired) electrons. The third kappa shape index (κ3) is 7.12. The molecule has 1 saturated heterocycles. The van der Waals surface area contributed by atoms with E-state index in [0.29, 0.717) is 5.56 Å². The van der Waals surface area contributed by atoms with Crippen LogP contribution in [-0.2, 0) is 6.42 Å². The molecule has 0 amide bonds. The van der Waals surface area contributed by atoms with E-state index in [2.05, 4.69) is 30.9 Å². The Labute approximate surface area is 176 Å². The lowest BCUT2D eigenvalue weighted by Crippen LogP contribution is -2.21. The maximum absolute atomic E-state index is 13.2. The van der Waals surface area contributed by atoms with Crippen molar-refractivity contribution < 1.29 is 8.78 Å². The van der Waals surface area contributed by atoms with Crippen molar-refractivity contribution in [2.24, 2.45) is 5.92 Å². The quantitative estimate of drug-likeness (QED) is 0.259. The van der Waals surface area contributed by atoms with Crippen LogP contribution < -0.4 is 0 Å². The largest absolute Gasteiger partial charge is 0.204 e. The number of rotatable bonds is 7. The lowest BCUT2D eigenvalue weighted by Gasteiger charge is -2.27. The summed E-state index contributed by atoms with van der Waals surface area (Å²) in [6.45, 7) is 2.30. The molecule has 154 valence electrons. The topological polar surface area (TPSA) is 0 Å². The van der Waals surface area contributed by atoms with Crippen molar-refractivity contribution in [2.45, 2.75) is 70.0 Å². The van der Waals surface area contributed by atoms with Crippen molar-refractivity contribution in [1.82, 2.24) is 0 Å². The Bertz CT molecular complexity index is 824. The molecule has 29 heavy (non-hydrogen) atoms. The highest BCUT2D eigenvalue weighted by Crippen LogP contribution is 2.31. The Balaban J connectivity index is 1.43. The van der Waals surface area contributed by atoms with E-state index < -0.39 is 20.4 Å². The Morgan fingerprint density at radius 3 is 2.28 bits per heavy atom. The number of unbranched alkanes of at least 4 members (excludes halogenated alkanes) is 2. The molecule has 2 aromatic carbocycles. The van der Waals surface area contributed by atoms with E-state index in [9.17, 15) is 8.78 Å². The van der Waals surface area contributed by atoms with Gasteiger partial charge in [-0.05, 0) is 54.7 Å². The van der Waals surface area contributed by atoms with Crippen LogP contribution in [0.15, 0.2) is 42.5 Å². The van der Waals surface area contributed by atoms with E-state index in [-0.39, 0.29) is 0 Å². The molecule has 0 unspecified atom stereocenters. The van der Waals surface area contributed by atoms with E-state index in [1.54, 1.807) is 18.1 Å². The molecule has 0 spiro atoms. The van der Waals surface area contributed by atoms with Gasteiger partial charge in [-0.2, -0.15) is 0 Å². The van der Waals surface area contributed by atoms with Crippen molar-refractivity contribution in [1.29, 1.82) is 0 Å². The van der Waals surface area contributed by atoms with Crippen LogP contribution in [0.1, 0.15) is 62.1 Å². The first-order valence-electron chi connectivity index (χ1n) is 11.2. The summed E-state index contributed by atoms with van der Waals surface area (Å²) in [5.41, 5.74) is 2.75. The molecule has 1 aliphatic heterocycles. The summed E-state index contributed by atoms with van der Waals surface area (Å²) in [4.78, 5) is 0. The van der Waals surface area contributed by atoms with Crippen LogP contribution in [0, 0.1) is 29.4 Å². The van der Waals surface area contributed by atoms with E-state index in [4.69, 9.17) is 0 Å². The summed E-state index contributed by atoms with van der Waals surface area (Å²) in [5.74, 6) is 5.15. The van der Waals surface area contributed by atoms with Gasteiger partial charge in [0.1, 0.15) is 0 Å². The fourth-order valence-corrected chi connectivity index (χ4v) is 7.95. The second kappa shape index (κ2) is 11.3. The molecule has 1 aliphatic rings. The van der Waals surface area contributed by atoms with Gasteiger partial charge in [-0.15, -0.1) is 0 Å². The average Bonchev–Trinajstić information content (AvgIpc) is 2.75. The number of hydrogen-bond donors (Lipinski definition) is 0. The minimum absolute atomic E-state index is 0.402. The summed E-state index contributed by atoms with van der Waals surface area (Å²) >= 11 is 0. The van der Waals surface area contributed by atoms with Gasteiger partial charge in [0.15, 0.2) is 11.6 Å². The standard InChI is InChI=1S/C26H32F2Si/c1-2-3-4-17-29-18-15-23(16-19-29)10-9-21-5-7-22(8-6-21)11-12-24-13-14-25(27)26(28)20-24/h5-8,13-14,20,23,29H,2-4,9-10,15-19H2,1H3. The van der Waals surface area contributed by atoms with Gasteiger partial charge in [0, 0.05) is 19.9 Å². The maximum Gasteiger partial charge on any atom is 0.160 e. The molecule has 0 atom stereocenters. The predicted octanol–water partition coefficient (Wildman–Crippen LogP) is 7.12. The predicted molar refractivity (Wildman–Crippen MR) is 121 cm³/mol. The van der Waals surface area contributed by atoms with Gasteiger partial charge in [0.2, 0.25) is 0 Å². The van der Waals surface area contributed by atoms with Crippen LogP contribution in [0.25, 0.3) is 0 Å². The third-order valence-electron chi connectivity index (χ3n) is 6.25. The monoisotopic (exact) mass is 410 g/mol. The first kappa shape index (κ1) is 21.8. The van der Waals surface area contributed by atoms with E-state index in [1.807, 2.05) is 12.1 Å². The molecule has 0 saturated carbocycles. The second-order valence-electron chi connectivity index (χ2n) is 8.50. The van der Waals surface area contributed by atoms with Crippen molar-refractivity contribution in [3.05, 3.63) is 70.8 Å². The minimum atomic E-state index is -0.857. The Morgan fingerprint density at radius 1 is 0.897 bits per heavy atom. The SMILES string of the molecule is CCCCC[SiH]1CCC(CCc2ccc(C#Cc3ccc(F)c(F)c3)cc2)CC1. The van der Waals surface area contributed by atoms with Crippen molar-refractivity contribution >= 4 is 8.80 Å². The Morgan fingerprint density at radius 2 is 1.59 bits per heavy atom. The Hall–Kier alpha value is -1.92. The summed E-state index contributed by atoms with van der Waals surface area (Å²) < 4.78 is 26.2. The molecule has 0 aromatic heterocycles. The lowest BCUT2D eigenvalue weighted by atomic mass is 9.94. The summed E-state index contributed by atoms with van der Waals surface area (Å²) in [6, 6.07) is 16.8. The fraction of sp³-hybridized carbons (Fsp3) is 0.462. The smallest absolute Gasteiger partial charge is 0.160 e. The van der Waals surface area contributed by atoms with Crippen LogP contribution in [0.2, 0.25) is 18.1 Å². The van der Waals surface area contributed by atoms with Crippen molar-refractivity contribution in [3.63, 3.8) is 0 Å². The highest BCUT2D eigenvalue weighted by Gasteiger charge is 2.21. The average molecular weight is 411 g/mol. The molecule has 0 aliphatic carbocycles. The van der Waals surface area contributed by atoms with Gasteiger partial charge in [0.25, 0.3) is 0 Å². The first-order valence-corrected chi connectivity index (χ1v) is 13.6. The zero-order chi connectivity index (χ0) is 20.5. The van der Waals surface area contributed by atoms with Crippen molar-refractivity contribution in [3.8, 4) is 11.8 Å². The third-order valence-corrected chi connectivity index (χ3v) is 9.77. The Kier molecular flexibility index (Phi) is 8.49. The summed E-state index contributed by atoms with van der Waals surface area (Å²) in [6.07, 6.45) is 9.61.